The Kier molecular flexibility index (Phi) is 5.48. The molecule has 1 aromatic heterocycles. The number of fused-ring (bicyclic) bond motifs is 1. The Hall–Kier alpha value is -1.92. The molecule has 0 atom stereocenters. The van der Waals surface area contributed by atoms with Crippen LogP contribution >= 0.6 is 12.1 Å². The van der Waals surface area contributed by atoms with Crippen LogP contribution in [-0.2, 0) is 19.4 Å². The molecule has 1 aromatic carbocycles. The summed E-state index contributed by atoms with van der Waals surface area (Å²) in [4.78, 5) is 4.57. The molecule has 3 rings (SSSR count). The summed E-state index contributed by atoms with van der Waals surface area (Å²) in [6.45, 7) is 3.96. The first-order valence-corrected chi connectivity index (χ1v) is 8.88. The van der Waals surface area contributed by atoms with Gasteiger partial charge in [0.25, 0.3) is 0 Å². The maximum atomic E-state index is 5.42. The number of aromatic nitrogens is 1. The smallest absolute Gasteiger partial charge is 0.161 e. The summed E-state index contributed by atoms with van der Waals surface area (Å²) in [5.41, 5.74) is 3.71. The van der Waals surface area contributed by atoms with E-state index < -0.39 is 0 Å². The third-order valence-electron chi connectivity index (χ3n) is 4.13. The van der Waals surface area contributed by atoms with E-state index in [0.717, 1.165) is 48.9 Å². The van der Waals surface area contributed by atoms with Gasteiger partial charge in [-0.3, -0.25) is 0 Å². The van der Waals surface area contributed by atoms with Crippen LogP contribution in [-0.4, -0.2) is 30.1 Å². The van der Waals surface area contributed by atoms with Crippen LogP contribution < -0.4 is 14.2 Å². The van der Waals surface area contributed by atoms with Crippen LogP contribution in [0.4, 0.5) is 5.82 Å². The van der Waals surface area contributed by atoms with E-state index in [1.165, 1.54) is 11.1 Å². The van der Waals surface area contributed by atoms with Crippen molar-refractivity contribution in [2.75, 3.05) is 25.5 Å². The number of rotatable bonds is 6. The molecule has 0 fully saturated rings. The number of methoxy groups -OCH3 is 2. The second-order valence-corrected chi connectivity index (χ2v) is 6.55. The highest BCUT2D eigenvalue weighted by molar-refractivity contribution is 7.98. The molecule has 24 heavy (non-hydrogen) atoms. The molecule has 0 radical (unpaired) electrons. The van der Waals surface area contributed by atoms with E-state index in [1.807, 2.05) is 18.2 Å². The van der Waals surface area contributed by atoms with Crippen LogP contribution in [0.15, 0.2) is 30.3 Å². The highest BCUT2D eigenvalue weighted by Crippen LogP contribution is 2.34. The molecule has 0 saturated carbocycles. The average Bonchev–Trinajstić information content (AvgIpc) is 2.65. The van der Waals surface area contributed by atoms with E-state index in [0.29, 0.717) is 0 Å². The number of hydrogen-bond acceptors (Lipinski definition) is 6. The lowest BCUT2D eigenvalue weighted by atomic mass is 10.0. The topological polar surface area (TPSA) is 46.6 Å². The van der Waals surface area contributed by atoms with Gasteiger partial charge in [-0.25, -0.2) is 9.29 Å². The number of aryl methyl sites for hydroxylation is 1. The van der Waals surface area contributed by atoms with Crippen LogP contribution in [0, 0.1) is 0 Å². The van der Waals surface area contributed by atoms with Crippen molar-refractivity contribution in [3.63, 3.8) is 0 Å². The van der Waals surface area contributed by atoms with Gasteiger partial charge >= 0.3 is 0 Å². The van der Waals surface area contributed by atoms with Crippen molar-refractivity contribution in [1.82, 2.24) is 9.29 Å². The lowest BCUT2D eigenvalue weighted by Gasteiger charge is -2.28. The largest absolute Gasteiger partial charge is 0.493 e. The highest BCUT2D eigenvalue weighted by atomic mass is 32.2. The summed E-state index contributed by atoms with van der Waals surface area (Å²) in [6.07, 6.45) is 1.94. The monoisotopic (exact) mass is 345 g/mol. The first-order chi connectivity index (χ1) is 11.7. The fraction of sp³-hybridized carbons (Fsp3) is 0.389. The first-order valence-electron chi connectivity index (χ1n) is 8.11. The predicted molar refractivity (Wildman–Crippen MR) is 98.5 cm³/mol. The highest BCUT2D eigenvalue weighted by Gasteiger charge is 2.20. The Morgan fingerprint density at radius 2 is 1.92 bits per heavy atom. The summed E-state index contributed by atoms with van der Waals surface area (Å²) in [5, 5.41) is 0. The second kappa shape index (κ2) is 7.77. The second-order valence-electron chi connectivity index (χ2n) is 5.65. The Balaban J connectivity index is 1.66. The summed E-state index contributed by atoms with van der Waals surface area (Å²) in [6, 6.07) is 10.3. The van der Waals surface area contributed by atoms with E-state index in [9.17, 15) is 0 Å². The molecule has 0 amide bonds. The lowest BCUT2D eigenvalue weighted by molar-refractivity contribution is 0.351. The van der Waals surface area contributed by atoms with Crippen LogP contribution in [0.5, 0.6) is 11.5 Å². The number of nitrogens with zero attached hydrogens (tertiary/aromatic N) is 2. The number of hydrogen-bond donors (Lipinski definition) is 1. The van der Waals surface area contributed by atoms with Gasteiger partial charge in [0.15, 0.2) is 11.5 Å². The van der Waals surface area contributed by atoms with Crippen molar-refractivity contribution in [3.05, 3.63) is 47.2 Å². The van der Waals surface area contributed by atoms with E-state index in [-0.39, 0.29) is 0 Å². The average molecular weight is 345 g/mol. The Morgan fingerprint density at radius 1 is 1.17 bits per heavy atom. The molecule has 1 N–H and O–H groups in total. The fourth-order valence-electron chi connectivity index (χ4n) is 2.78. The van der Waals surface area contributed by atoms with Gasteiger partial charge in [0.2, 0.25) is 0 Å². The minimum Gasteiger partial charge on any atom is -0.493 e. The van der Waals surface area contributed by atoms with Gasteiger partial charge in [0.1, 0.15) is 5.82 Å². The zero-order valence-electron chi connectivity index (χ0n) is 14.3. The zero-order chi connectivity index (χ0) is 16.9. The summed E-state index contributed by atoms with van der Waals surface area (Å²) in [5.74, 6) is 2.49. The van der Waals surface area contributed by atoms with Crippen molar-refractivity contribution in [2.45, 2.75) is 26.3 Å². The quantitative estimate of drug-likeness (QED) is 0.806. The number of anilines is 1. The van der Waals surface area contributed by atoms with E-state index in [1.54, 1.807) is 26.4 Å². The zero-order valence-corrected chi connectivity index (χ0v) is 15.2. The van der Waals surface area contributed by atoms with Gasteiger partial charge in [-0.05, 0) is 48.2 Å². The van der Waals surface area contributed by atoms with Crippen LogP contribution in [0.1, 0.15) is 23.7 Å². The molecular weight excluding hydrogens is 322 g/mol. The molecule has 0 bridgehead atoms. The van der Waals surface area contributed by atoms with Crippen LogP contribution in [0.3, 0.4) is 0 Å². The van der Waals surface area contributed by atoms with Crippen molar-refractivity contribution in [2.24, 2.45) is 0 Å². The minimum absolute atomic E-state index is 0.786. The summed E-state index contributed by atoms with van der Waals surface area (Å²) >= 11 is 1.61. The third kappa shape index (κ3) is 3.76. The molecule has 0 spiro atoms. The number of pyridine rings is 1. The fourth-order valence-corrected chi connectivity index (χ4v) is 3.50. The van der Waals surface area contributed by atoms with E-state index >= 15 is 0 Å². The molecule has 1 aliphatic heterocycles. The van der Waals surface area contributed by atoms with Gasteiger partial charge in [-0.1, -0.05) is 13.0 Å². The predicted octanol–water partition coefficient (Wildman–Crippen LogP) is 3.69. The van der Waals surface area contributed by atoms with Crippen molar-refractivity contribution >= 4 is 18.0 Å². The molecule has 5 nitrogen and oxygen atoms in total. The van der Waals surface area contributed by atoms with E-state index in [4.69, 9.17) is 9.47 Å². The van der Waals surface area contributed by atoms with Crippen molar-refractivity contribution in [1.29, 1.82) is 0 Å². The van der Waals surface area contributed by atoms with Crippen molar-refractivity contribution in [3.8, 4) is 11.5 Å². The molecule has 0 saturated heterocycles. The van der Waals surface area contributed by atoms with Gasteiger partial charge in [0.05, 0.1) is 14.2 Å². The molecule has 0 unspecified atom stereocenters. The lowest BCUT2D eigenvalue weighted by Crippen LogP contribution is -2.26. The molecule has 128 valence electrons. The van der Waals surface area contributed by atoms with E-state index in [2.05, 4.69) is 33.1 Å². The molecular formula is C18H23N3O2S. The molecule has 2 heterocycles. The molecule has 2 aromatic rings. The maximum Gasteiger partial charge on any atom is 0.161 e. The van der Waals surface area contributed by atoms with Gasteiger partial charge in [-0.2, -0.15) is 0 Å². The Labute approximate surface area is 147 Å². The Bertz CT molecular complexity index is 709. The number of benzene rings is 1. The summed E-state index contributed by atoms with van der Waals surface area (Å²) in [7, 11) is 3.35. The van der Waals surface area contributed by atoms with Gasteiger partial charge in [-0.15, -0.1) is 0 Å². The van der Waals surface area contributed by atoms with Crippen LogP contribution in [0.2, 0.25) is 0 Å². The minimum atomic E-state index is 0.786. The van der Waals surface area contributed by atoms with Crippen LogP contribution in [0.25, 0.3) is 0 Å². The van der Waals surface area contributed by atoms with Gasteiger partial charge in [0, 0.05) is 30.9 Å². The molecule has 0 aliphatic carbocycles. The number of nitrogens with one attached hydrogen (secondary N) is 1. The summed E-state index contributed by atoms with van der Waals surface area (Å²) < 4.78 is 16.5. The van der Waals surface area contributed by atoms with Crippen molar-refractivity contribution < 1.29 is 9.47 Å². The molecule has 6 heteroatoms. The SMILES string of the molecule is CCc1cccc(NSN2CCc3cc(OC)c(OC)cc3C2)n1. The number of ether oxygens (including phenoxy) is 2. The first kappa shape index (κ1) is 16.9. The normalized spacial score (nSPS) is 14.1. The van der Waals surface area contributed by atoms with Gasteiger partial charge < -0.3 is 14.2 Å². The standard InChI is InChI=1S/C18H23N3O2S/c1-4-15-6-5-7-18(19-15)20-24-21-9-8-13-10-16(22-2)17(23-3)11-14(13)12-21/h5-7,10-11H,4,8-9,12H2,1-3H3,(H,19,20). The molecule has 1 aliphatic rings. The Morgan fingerprint density at radius 3 is 2.62 bits per heavy atom. The third-order valence-corrected chi connectivity index (χ3v) is 5.00. The maximum absolute atomic E-state index is 5.42.